The van der Waals surface area contributed by atoms with Gasteiger partial charge >= 0.3 is 17.7 Å². The standard InChI is InChI=1S/C9H18O7/c1-11-8(12-2,13-3)7(10)9(14-4,15-5)16-6/h1-6H3. The van der Waals surface area contributed by atoms with E-state index in [0.717, 1.165) is 0 Å². The molecule has 0 heterocycles. The van der Waals surface area contributed by atoms with Gasteiger partial charge in [0.2, 0.25) is 0 Å². The average Bonchev–Trinajstić information content (AvgIpc) is 2.35. The maximum Gasteiger partial charge on any atom is 0.354 e. The number of hydrogen-bond acceptors (Lipinski definition) is 7. The van der Waals surface area contributed by atoms with Gasteiger partial charge in [-0.05, 0) is 0 Å². The van der Waals surface area contributed by atoms with Crippen LogP contribution in [0.1, 0.15) is 0 Å². The minimum atomic E-state index is -1.94. The number of carbonyl (C=O) groups is 1. The number of carbonyl (C=O) groups excluding carboxylic acids is 1. The van der Waals surface area contributed by atoms with Crippen molar-refractivity contribution in [3.05, 3.63) is 0 Å². The van der Waals surface area contributed by atoms with Crippen molar-refractivity contribution < 1.29 is 33.2 Å². The zero-order valence-electron chi connectivity index (χ0n) is 10.4. The van der Waals surface area contributed by atoms with Crippen LogP contribution < -0.4 is 0 Å². The van der Waals surface area contributed by atoms with Crippen LogP contribution in [0.5, 0.6) is 0 Å². The summed E-state index contributed by atoms with van der Waals surface area (Å²) in [5.41, 5.74) is 0. The van der Waals surface area contributed by atoms with Crippen molar-refractivity contribution in [3.8, 4) is 0 Å². The molecular weight excluding hydrogens is 220 g/mol. The Morgan fingerprint density at radius 3 is 0.938 bits per heavy atom. The second kappa shape index (κ2) is 6.24. The highest BCUT2D eigenvalue weighted by Crippen LogP contribution is 2.25. The van der Waals surface area contributed by atoms with E-state index in [-0.39, 0.29) is 0 Å². The molecule has 0 amide bonds. The van der Waals surface area contributed by atoms with Gasteiger partial charge in [-0.15, -0.1) is 0 Å². The Balaban J connectivity index is 5.26. The lowest BCUT2D eigenvalue weighted by molar-refractivity contribution is -0.378. The molecule has 0 radical (unpaired) electrons. The van der Waals surface area contributed by atoms with Crippen molar-refractivity contribution >= 4 is 5.78 Å². The predicted octanol–water partition coefficient (Wildman–Crippen LogP) is -0.258. The van der Waals surface area contributed by atoms with Crippen LogP contribution in [-0.2, 0) is 33.2 Å². The largest absolute Gasteiger partial charge is 0.354 e. The van der Waals surface area contributed by atoms with Crippen molar-refractivity contribution in [1.82, 2.24) is 0 Å². The fraction of sp³-hybridized carbons (Fsp3) is 0.889. The van der Waals surface area contributed by atoms with Gasteiger partial charge in [0.05, 0.1) is 0 Å². The molecule has 0 atom stereocenters. The summed E-state index contributed by atoms with van der Waals surface area (Å²) in [5, 5.41) is 0. The molecule has 0 saturated heterocycles. The van der Waals surface area contributed by atoms with Gasteiger partial charge in [0, 0.05) is 42.7 Å². The zero-order chi connectivity index (χ0) is 12.8. The first-order chi connectivity index (χ1) is 7.52. The number of methoxy groups -OCH3 is 6. The van der Waals surface area contributed by atoms with Crippen LogP contribution in [0.25, 0.3) is 0 Å². The number of Topliss-reactive ketones (excluding diaryl/α,β-unsaturated/α-hetero) is 1. The van der Waals surface area contributed by atoms with Crippen LogP contribution in [0.3, 0.4) is 0 Å². The van der Waals surface area contributed by atoms with Gasteiger partial charge in [-0.2, -0.15) is 0 Å². The number of rotatable bonds is 8. The summed E-state index contributed by atoms with van der Waals surface area (Å²) < 4.78 is 29.3. The Morgan fingerprint density at radius 2 is 0.812 bits per heavy atom. The molecule has 7 nitrogen and oxygen atoms in total. The maximum atomic E-state index is 12.1. The van der Waals surface area contributed by atoms with Crippen LogP contribution in [-0.4, -0.2) is 60.4 Å². The van der Waals surface area contributed by atoms with Crippen molar-refractivity contribution in [3.63, 3.8) is 0 Å². The molecular formula is C9H18O7. The zero-order valence-corrected chi connectivity index (χ0v) is 10.4. The highest BCUT2D eigenvalue weighted by molar-refractivity contribution is 5.90. The van der Waals surface area contributed by atoms with Crippen molar-refractivity contribution in [2.75, 3.05) is 42.7 Å². The van der Waals surface area contributed by atoms with E-state index in [1.165, 1.54) is 42.7 Å². The van der Waals surface area contributed by atoms with E-state index in [1.807, 2.05) is 0 Å². The summed E-state index contributed by atoms with van der Waals surface area (Å²) in [7, 11) is 7.48. The Bertz CT molecular complexity index is 181. The van der Waals surface area contributed by atoms with Gasteiger partial charge in [0.25, 0.3) is 0 Å². The third-order valence-corrected chi connectivity index (χ3v) is 2.17. The summed E-state index contributed by atoms with van der Waals surface area (Å²) in [4.78, 5) is 12.1. The summed E-state index contributed by atoms with van der Waals surface area (Å²) in [6, 6.07) is 0. The number of hydrogen-bond donors (Lipinski definition) is 0. The molecule has 0 aliphatic carbocycles. The van der Waals surface area contributed by atoms with Crippen LogP contribution in [0, 0.1) is 0 Å². The van der Waals surface area contributed by atoms with E-state index in [2.05, 4.69) is 0 Å². The van der Waals surface area contributed by atoms with Gasteiger partial charge in [-0.3, -0.25) is 4.79 Å². The fourth-order valence-electron chi connectivity index (χ4n) is 1.24. The van der Waals surface area contributed by atoms with Gasteiger partial charge in [0.15, 0.2) is 0 Å². The van der Waals surface area contributed by atoms with Gasteiger partial charge in [-0.25, -0.2) is 0 Å². The van der Waals surface area contributed by atoms with Crippen molar-refractivity contribution in [2.24, 2.45) is 0 Å². The van der Waals surface area contributed by atoms with E-state index in [9.17, 15) is 4.79 Å². The molecule has 0 aliphatic rings. The van der Waals surface area contributed by atoms with Crippen LogP contribution in [0.15, 0.2) is 0 Å². The van der Waals surface area contributed by atoms with E-state index in [1.54, 1.807) is 0 Å². The summed E-state index contributed by atoms with van der Waals surface area (Å²) >= 11 is 0. The lowest BCUT2D eigenvalue weighted by Gasteiger charge is -2.34. The van der Waals surface area contributed by atoms with Crippen molar-refractivity contribution in [2.45, 2.75) is 11.9 Å². The third-order valence-electron chi connectivity index (χ3n) is 2.17. The van der Waals surface area contributed by atoms with Gasteiger partial charge in [0.1, 0.15) is 0 Å². The number of ketones is 1. The summed E-state index contributed by atoms with van der Waals surface area (Å²) in [5.74, 6) is -4.69. The molecule has 0 unspecified atom stereocenters. The van der Waals surface area contributed by atoms with E-state index >= 15 is 0 Å². The normalized spacial score (nSPS) is 12.9. The van der Waals surface area contributed by atoms with Crippen LogP contribution in [0.2, 0.25) is 0 Å². The maximum absolute atomic E-state index is 12.1. The molecule has 0 aromatic carbocycles. The first-order valence-corrected chi connectivity index (χ1v) is 4.38. The van der Waals surface area contributed by atoms with E-state index in [0.29, 0.717) is 0 Å². The van der Waals surface area contributed by atoms with Crippen LogP contribution >= 0.6 is 0 Å². The highest BCUT2D eigenvalue weighted by atomic mass is 16.9. The number of ether oxygens (including phenoxy) is 6. The topological polar surface area (TPSA) is 72.5 Å². The second-order valence-electron chi connectivity index (χ2n) is 2.67. The van der Waals surface area contributed by atoms with E-state index in [4.69, 9.17) is 28.4 Å². The third kappa shape index (κ3) is 2.40. The Hall–Kier alpha value is -0.570. The summed E-state index contributed by atoms with van der Waals surface area (Å²) in [6.45, 7) is 0. The monoisotopic (exact) mass is 238 g/mol. The van der Waals surface area contributed by atoms with Crippen molar-refractivity contribution in [1.29, 1.82) is 0 Å². The molecule has 0 N–H and O–H groups in total. The van der Waals surface area contributed by atoms with E-state index < -0.39 is 17.7 Å². The first kappa shape index (κ1) is 15.4. The Morgan fingerprint density at radius 1 is 0.625 bits per heavy atom. The lowest BCUT2D eigenvalue weighted by atomic mass is 10.2. The van der Waals surface area contributed by atoms with Crippen LogP contribution in [0.4, 0.5) is 0 Å². The smallest absolute Gasteiger partial charge is 0.324 e. The quantitative estimate of drug-likeness (QED) is 0.539. The highest BCUT2D eigenvalue weighted by Gasteiger charge is 2.55. The molecule has 0 bridgehead atoms. The summed E-state index contributed by atoms with van der Waals surface area (Å²) in [6.07, 6.45) is 0. The molecule has 7 heteroatoms. The Kier molecular flexibility index (Phi) is 6.01. The molecule has 96 valence electrons. The van der Waals surface area contributed by atoms with Gasteiger partial charge in [-0.1, -0.05) is 0 Å². The predicted molar refractivity (Wildman–Crippen MR) is 52.5 cm³/mol. The molecule has 0 aliphatic heterocycles. The van der Waals surface area contributed by atoms with Gasteiger partial charge < -0.3 is 28.4 Å². The molecule has 0 saturated carbocycles. The Labute approximate surface area is 94.5 Å². The fourth-order valence-corrected chi connectivity index (χ4v) is 1.24. The molecule has 0 aromatic rings. The minimum absolute atomic E-state index is 0.806. The minimum Gasteiger partial charge on any atom is -0.324 e. The lowest BCUT2D eigenvalue weighted by Crippen LogP contribution is -2.58. The molecule has 0 rings (SSSR count). The molecule has 16 heavy (non-hydrogen) atoms. The molecule has 0 aromatic heterocycles. The SMILES string of the molecule is COC(OC)(OC)C(=O)C(OC)(OC)OC. The second-order valence-corrected chi connectivity index (χ2v) is 2.67. The molecule has 0 spiro atoms. The molecule has 0 fully saturated rings. The average molecular weight is 238 g/mol. The first-order valence-electron chi connectivity index (χ1n) is 4.38.